The normalized spacial score (nSPS) is 12.2. The van der Waals surface area contributed by atoms with Crippen molar-refractivity contribution in [1.29, 1.82) is 0 Å². The summed E-state index contributed by atoms with van der Waals surface area (Å²) < 4.78 is 6.26. The Hall–Kier alpha value is -2.12. The van der Waals surface area contributed by atoms with Crippen LogP contribution in [0.4, 0.5) is 10.6 Å². The molecule has 0 bridgehead atoms. The van der Waals surface area contributed by atoms with Crippen molar-refractivity contribution in [2.24, 2.45) is 0 Å². The van der Waals surface area contributed by atoms with Crippen LogP contribution in [-0.2, 0) is 10.8 Å². The molecule has 2 rings (SSSR count). The maximum atomic E-state index is 11.1. The van der Waals surface area contributed by atoms with Gasteiger partial charge in [0.1, 0.15) is 0 Å². The summed E-state index contributed by atoms with van der Waals surface area (Å²) in [5.41, 5.74) is 3.70. The highest BCUT2D eigenvalue weighted by molar-refractivity contribution is 6.74. The van der Waals surface area contributed by atoms with Gasteiger partial charge in [-0.25, -0.2) is 4.79 Å². The van der Waals surface area contributed by atoms with Gasteiger partial charge in [-0.15, -0.1) is 0 Å². The van der Waals surface area contributed by atoms with Crippen LogP contribution >= 0.6 is 0 Å². The molecule has 1 aromatic carbocycles. The van der Waals surface area contributed by atoms with Gasteiger partial charge in [-0.3, -0.25) is 10.4 Å². The van der Waals surface area contributed by atoms with Crippen molar-refractivity contribution in [1.82, 2.24) is 10.2 Å². The first-order valence-corrected chi connectivity index (χ1v) is 11.7. The number of anilines is 1. The molecule has 26 heavy (non-hydrogen) atoms. The topological polar surface area (TPSA) is 87.2 Å². The summed E-state index contributed by atoms with van der Waals surface area (Å²) in [6.45, 7) is 13.7. The van der Waals surface area contributed by atoms with E-state index in [0.29, 0.717) is 18.8 Å². The van der Waals surface area contributed by atoms with Crippen molar-refractivity contribution in [2.45, 2.75) is 52.2 Å². The van der Waals surface area contributed by atoms with Crippen LogP contribution < -0.4 is 5.32 Å². The van der Waals surface area contributed by atoms with Crippen LogP contribution in [0.1, 0.15) is 32.0 Å². The van der Waals surface area contributed by atoms with E-state index in [1.165, 1.54) is 0 Å². The number of rotatable bonds is 6. The van der Waals surface area contributed by atoms with E-state index in [9.17, 15) is 4.79 Å². The molecule has 0 saturated heterocycles. The van der Waals surface area contributed by atoms with E-state index >= 15 is 0 Å². The van der Waals surface area contributed by atoms with Crippen molar-refractivity contribution in [2.75, 3.05) is 11.9 Å². The lowest BCUT2D eigenvalue weighted by atomic mass is 9.99. The summed E-state index contributed by atoms with van der Waals surface area (Å²) in [4.78, 5) is 11.1. The third-order valence-corrected chi connectivity index (χ3v) is 9.64. The molecule has 0 unspecified atom stereocenters. The maximum Gasteiger partial charge on any atom is 0.410 e. The van der Waals surface area contributed by atoms with Gasteiger partial charge >= 0.3 is 6.09 Å². The molecule has 3 N–H and O–H groups in total. The fourth-order valence-electron chi connectivity index (χ4n) is 2.52. The summed E-state index contributed by atoms with van der Waals surface area (Å²) in [7, 11) is -1.83. The summed E-state index contributed by atoms with van der Waals surface area (Å²) in [5.74, 6) is 0.328. The van der Waals surface area contributed by atoms with Gasteiger partial charge in [0.2, 0.25) is 0 Å². The van der Waals surface area contributed by atoms with Crippen molar-refractivity contribution in [3.63, 3.8) is 0 Å². The number of carbonyl (C=O) groups is 1. The third-order valence-electron chi connectivity index (χ3n) is 5.10. The third kappa shape index (κ3) is 4.53. The first-order valence-electron chi connectivity index (χ1n) is 8.80. The molecule has 7 heteroatoms. The lowest BCUT2D eigenvalue weighted by Gasteiger charge is -2.36. The van der Waals surface area contributed by atoms with Gasteiger partial charge in [0, 0.05) is 24.3 Å². The molecule has 0 aliphatic rings. The standard InChI is InChI=1S/C19H29N3O3Si/c1-13-9-7-8-10-14(13)16-15(21-22-17(16)20-18(23)24)11-12-25-26(5,6)19(2,3)4/h7-10H,11-12H2,1-6H3,(H,23,24)(H2,20,21,22). The quantitative estimate of drug-likeness (QED) is 0.617. The zero-order chi connectivity index (χ0) is 19.5. The summed E-state index contributed by atoms with van der Waals surface area (Å²) in [5, 5.41) is 18.8. The first kappa shape index (κ1) is 20.2. The molecule has 0 radical (unpaired) electrons. The average molecular weight is 376 g/mol. The van der Waals surface area contributed by atoms with Gasteiger partial charge in [-0.1, -0.05) is 45.0 Å². The number of nitrogens with one attached hydrogen (secondary N) is 2. The molecular weight excluding hydrogens is 346 g/mol. The van der Waals surface area contributed by atoms with Crippen molar-refractivity contribution in [3.8, 4) is 11.1 Å². The van der Waals surface area contributed by atoms with E-state index in [-0.39, 0.29) is 5.04 Å². The second kappa shape index (κ2) is 7.63. The van der Waals surface area contributed by atoms with Crippen LogP contribution in [0.25, 0.3) is 11.1 Å². The van der Waals surface area contributed by atoms with Crippen molar-refractivity contribution < 1.29 is 14.3 Å². The summed E-state index contributed by atoms with van der Waals surface area (Å²) in [6.07, 6.45) is -0.486. The number of H-pyrrole nitrogens is 1. The first-order chi connectivity index (χ1) is 12.0. The largest absolute Gasteiger partial charge is 0.465 e. The predicted molar refractivity (Wildman–Crippen MR) is 107 cm³/mol. The van der Waals surface area contributed by atoms with Crippen LogP contribution in [0.3, 0.4) is 0 Å². The molecule has 0 spiro atoms. The van der Waals surface area contributed by atoms with Gasteiger partial charge in [-0.2, -0.15) is 5.10 Å². The number of aromatic amines is 1. The fraction of sp³-hybridized carbons (Fsp3) is 0.474. The minimum atomic E-state index is -1.83. The lowest BCUT2D eigenvalue weighted by Crippen LogP contribution is -2.41. The molecular formula is C19H29N3O3Si. The summed E-state index contributed by atoms with van der Waals surface area (Å²) in [6, 6.07) is 7.88. The number of aryl methyl sites for hydroxylation is 1. The Kier molecular flexibility index (Phi) is 5.93. The predicted octanol–water partition coefficient (Wildman–Crippen LogP) is 5.04. The minimum absolute atomic E-state index is 0.149. The second-order valence-corrected chi connectivity index (χ2v) is 12.8. The second-order valence-electron chi connectivity index (χ2n) is 8.03. The SMILES string of the molecule is Cc1ccccc1-c1c(NC(=O)O)n[nH]c1CCO[Si](C)(C)C(C)(C)C. The van der Waals surface area contributed by atoms with Gasteiger partial charge in [0.05, 0.1) is 0 Å². The molecule has 0 aliphatic heterocycles. The van der Waals surface area contributed by atoms with Gasteiger partial charge in [0.15, 0.2) is 14.1 Å². The van der Waals surface area contributed by atoms with Crippen LogP contribution in [0.15, 0.2) is 24.3 Å². The number of aromatic nitrogens is 2. The van der Waals surface area contributed by atoms with E-state index in [1.54, 1.807) is 0 Å². The highest BCUT2D eigenvalue weighted by atomic mass is 28.4. The van der Waals surface area contributed by atoms with Crippen molar-refractivity contribution in [3.05, 3.63) is 35.5 Å². The lowest BCUT2D eigenvalue weighted by molar-refractivity contribution is 0.209. The molecule has 142 valence electrons. The Morgan fingerprint density at radius 3 is 2.54 bits per heavy atom. The number of carboxylic acid groups (broad SMARTS) is 1. The average Bonchev–Trinajstić information content (AvgIpc) is 2.88. The van der Waals surface area contributed by atoms with E-state index in [0.717, 1.165) is 22.4 Å². The number of amides is 1. The van der Waals surface area contributed by atoms with E-state index in [1.807, 2.05) is 31.2 Å². The molecule has 0 atom stereocenters. The summed E-state index contributed by atoms with van der Waals surface area (Å²) >= 11 is 0. The number of benzene rings is 1. The number of nitrogens with zero attached hydrogens (tertiary/aromatic N) is 1. The van der Waals surface area contributed by atoms with E-state index < -0.39 is 14.4 Å². The monoisotopic (exact) mass is 375 g/mol. The smallest absolute Gasteiger partial charge is 0.410 e. The minimum Gasteiger partial charge on any atom is -0.465 e. The zero-order valence-electron chi connectivity index (χ0n) is 16.4. The maximum absolute atomic E-state index is 11.1. The Balaban J connectivity index is 2.28. The van der Waals surface area contributed by atoms with Crippen molar-refractivity contribution >= 4 is 20.2 Å². The van der Waals surface area contributed by atoms with Gasteiger partial charge in [0.25, 0.3) is 0 Å². The van der Waals surface area contributed by atoms with Crippen LogP contribution in [0, 0.1) is 6.92 Å². The van der Waals surface area contributed by atoms with Gasteiger partial charge < -0.3 is 9.53 Å². The van der Waals surface area contributed by atoms with E-state index in [2.05, 4.69) is 49.4 Å². The van der Waals surface area contributed by atoms with Crippen LogP contribution in [0.5, 0.6) is 0 Å². The highest BCUT2D eigenvalue weighted by Gasteiger charge is 2.37. The molecule has 0 fully saturated rings. The Morgan fingerprint density at radius 1 is 1.31 bits per heavy atom. The van der Waals surface area contributed by atoms with E-state index in [4.69, 9.17) is 9.53 Å². The van der Waals surface area contributed by atoms with Crippen LogP contribution in [0.2, 0.25) is 18.1 Å². The molecule has 1 heterocycles. The molecule has 1 aromatic heterocycles. The zero-order valence-corrected chi connectivity index (χ0v) is 17.4. The fourth-order valence-corrected chi connectivity index (χ4v) is 3.56. The molecule has 2 aromatic rings. The number of hydrogen-bond donors (Lipinski definition) is 3. The highest BCUT2D eigenvalue weighted by Crippen LogP contribution is 2.37. The number of hydrogen-bond acceptors (Lipinski definition) is 3. The van der Waals surface area contributed by atoms with Gasteiger partial charge in [-0.05, 0) is 36.2 Å². The molecule has 1 amide bonds. The Morgan fingerprint density at radius 2 is 1.96 bits per heavy atom. The Bertz CT molecular complexity index is 779. The Labute approximate surface area is 156 Å². The molecule has 0 saturated carbocycles. The molecule has 0 aliphatic carbocycles. The van der Waals surface area contributed by atoms with Crippen LogP contribution in [-0.4, -0.2) is 36.3 Å². The molecule has 6 nitrogen and oxygen atoms in total.